The number of hydrogen-bond donors (Lipinski definition) is 0. The standard InChI is InChI=1S/C8H18Si/c1-2-3-4-5-6-7-8-9/h6-7H,2-5,8H2,1,9H3. The van der Waals surface area contributed by atoms with Gasteiger partial charge in [0.1, 0.15) is 0 Å². The van der Waals surface area contributed by atoms with Gasteiger partial charge in [0.15, 0.2) is 0 Å². The zero-order valence-electron chi connectivity index (χ0n) is 6.69. The molecule has 0 aromatic rings. The van der Waals surface area contributed by atoms with Gasteiger partial charge in [-0.3, -0.25) is 0 Å². The Hall–Kier alpha value is -0.0431. The molecule has 0 saturated heterocycles. The van der Waals surface area contributed by atoms with Gasteiger partial charge in [0.25, 0.3) is 0 Å². The average molecular weight is 142 g/mol. The Morgan fingerprint density at radius 3 is 2.56 bits per heavy atom. The third-order valence-electron chi connectivity index (χ3n) is 1.38. The van der Waals surface area contributed by atoms with Crippen LogP contribution in [0.15, 0.2) is 12.2 Å². The van der Waals surface area contributed by atoms with E-state index in [1.807, 2.05) is 0 Å². The predicted molar refractivity (Wildman–Crippen MR) is 48.0 cm³/mol. The predicted octanol–water partition coefficient (Wildman–Crippen LogP) is 1.91. The number of rotatable bonds is 5. The van der Waals surface area contributed by atoms with E-state index in [1.54, 1.807) is 0 Å². The van der Waals surface area contributed by atoms with Crippen LogP contribution in [0, 0.1) is 0 Å². The highest BCUT2D eigenvalue weighted by molar-refractivity contribution is 6.09. The topological polar surface area (TPSA) is 0 Å². The summed E-state index contributed by atoms with van der Waals surface area (Å²) in [5.41, 5.74) is 0. The van der Waals surface area contributed by atoms with Crippen LogP contribution >= 0.6 is 0 Å². The zero-order valence-corrected chi connectivity index (χ0v) is 8.69. The van der Waals surface area contributed by atoms with Gasteiger partial charge in [0, 0.05) is 10.2 Å². The molecule has 0 N–H and O–H groups in total. The van der Waals surface area contributed by atoms with Crippen LogP contribution in [-0.2, 0) is 0 Å². The molecule has 0 atom stereocenters. The molecule has 0 unspecified atom stereocenters. The maximum Gasteiger partial charge on any atom is 0.00754 e. The summed E-state index contributed by atoms with van der Waals surface area (Å²) in [5, 5.41) is 0. The Morgan fingerprint density at radius 2 is 2.00 bits per heavy atom. The van der Waals surface area contributed by atoms with Crippen LogP contribution in [0.25, 0.3) is 0 Å². The van der Waals surface area contributed by atoms with E-state index >= 15 is 0 Å². The Balaban J connectivity index is 2.82. The van der Waals surface area contributed by atoms with Gasteiger partial charge in [-0.15, -0.1) is 0 Å². The lowest BCUT2D eigenvalue weighted by atomic mass is 10.2. The average Bonchev–Trinajstić information content (AvgIpc) is 1.89. The first kappa shape index (κ1) is 8.96. The number of allylic oxidation sites excluding steroid dienone is 2. The van der Waals surface area contributed by atoms with E-state index in [0.29, 0.717) is 0 Å². The van der Waals surface area contributed by atoms with Crippen molar-refractivity contribution in [3.05, 3.63) is 12.2 Å². The molecule has 0 nitrogen and oxygen atoms in total. The second-order valence-electron chi connectivity index (χ2n) is 2.38. The van der Waals surface area contributed by atoms with E-state index in [0.717, 1.165) is 0 Å². The molecule has 0 aromatic heterocycles. The third kappa shape index (κ3) is 7.96. The summed E-state index contributed by atoms with van der Waals surface area (Å²) >= 11 is 0. The smallest absolute Gasteiger partial charge is 0.00754 e. The molecule has 0 bridgehead atoms. The molecular formula is C8H18Si. The van der Waals surface area contributed by atoms with Crippen LogP contribution < -0.4 is 0 Å². The second-order valence-corrected chi connectivity index (χ2v) is 3.19. The third-order valence-corrected chi connectivity index (χ3v) is 1.85. The van der Waals surface area contributed by atoms with Crippen molar-refractivity contribution in [2.75, 3.05) is 0 Å². The van der Waals surface area contributed by atoms with Crippen molar-refractivity contribution in [1.29, 1.82) is 0 Å². The molecule has 0 saturated carbocycles. The fourth-order valence-electron chi connectivity index (χ4n) is 0.797. The van der Waals surface area contributed by atoms with Gasteiger partial charge < -0.3 is 0 Å². The second kappa shape index (κ2) is 7.96. The van der Waals surface area contributed by atoms with Crippen LogP contribution in [0.2, 0.25) is 6.04 Å². The summed E-state index contributed by atoms with van der Waals surface area (Å²) in [6.45, 7) is 2.25. The van der Waals surface area contributed by atoms with E-state index in [1.165, 1.54) is 42.0 Å². The van der Waals surface area contributed by atoms with Gasteiger partial charge in [0.05, 0.1) is 0 Å². The minimum absolute atomic E-state index is 1.30. The molecular weight excluding hydrogens is 124 g/mol. The van der Waals surface area contributed by atoms with Gasteiger partial charge >= 0.3 is 0 Å². The molecule has 0 radical (unpaired) electrons. The Morgan fingerprint density at radius 1 is 1.22 bits per heavy atom. The van der Waals surface area contributed by atoms with Gasteiger partial charge in [-0.25, -0.2) is 0 Å². The molecule has 0 fully saturated rings. The van der Waals surface area contributed by atoms with Crippen molar-refractivity contribution >= 4 is 10.2 Å². The summed E-state index contributed by atoms with van der Waals surface area (Å²) in [6.07, 6.45) is 10.1. The molecule has 0 aromatic carbocycles. The minimum atomic E-state index is 1.30. The van der Waals surface area contributed by atoms with Crippen LogP contribution in [0.3, 0.4) is 0 Å². The van der Waals surface area contributed by atoms with E-state index in [-0.39, 0.29) is 0 Å². The van der Waals surface area contributed by atoms with Crippen LogP contribution in [0.5, 0.6) is 0 Å². The quantitative estimate of drug-likeness (QED) is 0.312. The molecule has 1 heteroatoms. The van der Waals surface area contributed by atoms with Crippen molar-refractivity contribution < 1.29 is 0 Å². The number of unbranched alkanes of at least 4 members (excludes halogenated alkanes) is 3. The maximum absolute atomic E-state index is 2.32. The van der Waals surface area contributed by atoms with Crippen LogP contribution in [-0.4, -0.2) is 10.2 Å². The molecule has 0 aliphatic heterocycles. The minimum Gasteiger partial charge on any atom is -0.0921 e. The molecule has 54 valence electrons. The molecule has 0 aliphatic rings. The summed E-state index contributed by atoms with van der Waals surface area (Å²) in [4.78, 5) is 0. The van der Waals surface area contributed by atoms with Gasteiger partial charge in [-0.1, -0.05) is 31.9 Å². The van der Waals surface area contributed by atoms with Gasteiger partial charge in [0.2, 0.25) is 0 Å². The van der Waals surface area contributed by atoms with Crippen molar-refractivity contribution in [2.24, 2.45) is 0 Å². The fraction of sp³-hybridized carbons (Fsp3) is 0.750. The number of hydrogen-bond acceptors (Lipinski definition) is 0. The molecule has 0 aliphatic carbocycles. The molecule has 0 spiro atoms. The summed E-state index contributed by atoms with van der Waals surface area (Å²) < 4.78 is 0. The van der Waals surface area contributed by atoms with E-state index in [4.69, 9.17) is 0 Å². The van der Waals surface area contributed by atoms with Gasteiger partial charge in [-0.2, -0.15) is 0 Å². The highest BCUT2D eigenvalue weighted by atomic mass is 28.1. The zero-order chi connectivity index (χ0) is 6.95. The summed E-state index contributed by atoms with van der Waals surface area (Å²) in [6, 6.07) is 1.33. The lowest BCUT2D eigenvalue weighted by molar-refractivity contribution is 0.729. The van der Waals surface area contributed by atoms with Crippen molar-refractivity contribution in [2.45, 2.75) is 38.7 Å². The lowest BCUT2D eigenvalue weighted by Crippen LogP contribution is -1.70. The summed E-state index contributed by atoms with van der Waals surface area (Å²) in [5.74, 6) is 0. The molecule has 9 heavy (non-hydrogen) atoms. The fourth-order valence-corrected chi connectivity index (χ4v) is 1.13. The van der Waals surface area contributed by atoms with Crippen molar-refractivity contribution in [3.8, 4) is 0 Å². The first-order chi connectivity index (χ1) is 4.41. The van der Waals surface area contributed by atoms with Crippen molar-refractivity contribution in [3.63, 3.8) is 0 Å². The van der Waals surface area contributed by atoms with E-state index in [9.17, 15) is 0 Å². The molecule has 0 heterocycles. The SMILES string of the molecule is CCCCCC=CC[SiH3]. The first-order valence-corrected chi connectivity index (χ1v) is 5.48. The van der Waals surface area contributed by atoms with Crippen LogP contribution in [0.1, 0.15) is 32.6 Å². The monoisotopic (exact) mass is 142 g/mol. The van der Waals surface area contributed by atoms with E-state index < -0.39 is 0 Å². The Labute approximate surface area is 61.8 Å². The largest absolute Gasteiger partial charge is 0.0921 e. The molecule has 0 rings (SSSR count). The summed E-state index contributed by atoms with van der Waals surface area (Å²) in [7, 11) is 1.32. The van der Waals surface area contributed by atoms with Gasteiger partial charge in [-0.05, 0) is 18.9 Å². The highest BCUT2D eigenvalue weighted by Gasteiger charge is 1.79. The highest BCUT2D eigenvalue weighted by Crippen LogP contribution is 1.99. The Bertz CT molecular complexity index is 67.0. The van der Waals surface area contributed by atoms with Crippen LogP contribution in [0.4, 0.5) is 0 Å². The molecule has 0 amide bonds. The maximum atomic E-state index is 2.32. The van der Waals surface area contributed by atoms with Crippen molar-refractivity contribution in [1.82, 2.24) is 0 Å². The lowest BCUT2D eigenvalue weighted by Gasteiger charge is -1.89. The first-order valence-electron chi connectivity index (χ1n) is 4.06. The Kier molecular flexibility index (Phi) is 7.92. The van der Waals surface area contributed by atoms with E-state index in [2.05, 4.69) is 19.1 Å². The normalized spacial score (nSPS) is 11.2.